The van der Waals surface area contributed by atoms with Gasteiger partial charge in [0.25, 0.3) is 5.91 Å². The van der Waals surface area contributed by atoms with E-state index in [0.29, 0.717) is 27.2 Å². The second-order valence-corrected chi connectivity index (χ2v) is 8.72. The van der Waals surface area contributed by atoms with Crippen LogP contribution < -0.4 is 14.8 Å². The number of rotatable bonds is 8. The lowest BCUT2D eigenvalue weighted by Gasteiger charge is -2.13. The van der Waals surface area contributed by atoms with Gasteiger partial charge in [-0.1, -0.05) is 50.1 Å². The number of carboxylic acid groups (broad SMARTS) is 1. The van der Waals surface area contributed by atoms with E-state index in [1.807, 2.05) is 12.1 Å². The predicted molar refractivity (Wildman–Crippen MR) is 135 cm³/mol. The van der Waals surface area contributed by atoms with Crippen molar-refractivity contribution < 1.29 is 24.2 Å². The molecule has 1 amide bonds. The number of amides is 1. The quantitative estimate of drug-likeness (QED) is 0.246. The third-order valence-corrected chi connectivity index (χ3v) is 5.81. The number of benzene rings is 3. The van der Waals surface area contributed by atoms with Gasteiger partial charge in [0, 0.05) is 14.6 Å². The van der Waals surface area contributed by atoms with Crippen LogP contribution in [-0.4, -0.2) is 24.1 Å². The summed E-state index contributed by atoms with van der Waals surface area (Å²) in [5.74, 6) is -0.701. The summed E-state index contributed by atoms with van der Waals surface area (Å²) in [5, 5.41) is 21.2. The molecule has 7 nitrogen and oxygen atoms in total. The molecule has 0 radical (unpaired) electrons. The maximum Gasteiger partial charge on any atom is 0.335 e. The molecule has 0 bridgehead atoms. The molecule has 3 aromatic rings. The van der Waals surface area contributed by atoms with Crippen LogP contribution in [0.2, 0.25) is 0 Å². The van der Waals surface area contributed by atoms with E-state index in [9.17, 15) is 14.9 Å². The highest BCUT2D eigenvalue weighted by atomic mass is 79.9. The highest BCUT2D eigenvalue weighted by molar-refractivity contribution is 9.10. The van der Waals surface area contributed by atoms with Gasteiger partial charge in [-0.15, -0.1) is 0 Å². The van der Waals surface area contributed by atoms with Crippen LogP contribution >= 0.6 is 31.9 Å². The second kappa shape index (κ2) is 11.5. The smallest absolute Gasteiger partial charge is 0.335 e. The van der Waals surface area contributed by atoms with E-state index in [4.69, 9.17) is 14.6 Å². The maximum absolute atomic E-state index is 12.6. The van der Waals surface area contributed by atoms with Crippen molar-refractivity contribution in [1.82, 2.24) is 0 Å². The van der Waals surface area contributed by atoms with Crippen LogP contribution in [0.4, 0.5) is 5.69 Å². The zero-order valence-electron chi connectivity index (χ0n) is 17.8. The van der Waals surface area contributed by atoms with Gasteiger partial charge in [0.2, 0.25) is 0 Å². The molecule has 2 N–H and O–H groups in total. The molecule has 34 heavy (non-hydrogen) atoms. The normalized spacial score (nSPS) is 10.8. The van der Waals surface area contributed by atoms with Gasteiger partial charge in [0.15, 0.2) is 11.5 Å². The van der Waals surface area contributed by atoms with Crippen molar-refractivity contribution in [3.63, 3.8) is 0 Å². The number of nitrogens with one attached hydrogen (secondary N) is 1. The molecule has 0 aliphatic heterocycles. The Balaban J connectivity index is 1.79. The number of aromatic carboxylic acids is 1. The number of hydrogen-bond acceptors (Lipinski definition) is 5. The van der Waals surface area contributed by atoms with Gasteiger partial charge in [-0.2, -0.15) is 5.26 Å². The topological polar surface area (TPSA) is 109 Å². The predicted octanol–water partition coefficient (Wildman–Crippen LogP) is 6.04. The standard InChI is InChI=1S/C25H18Br2N2O5/c1-33-22-10-17(9-18(13-28)24(30)29-20-4-2-3-19(26)11-20)21(27)12-23(22)34-14-15-5-7-16(8-6-15)25(31)32/h2-12H,14H2,1H3,(H,29,30)(H,31,32)/b18-9-. The molecule has 0 aliphatic carbocycles. The summed E-state index contributed by atoms with van der Waals surface area (Å²) in [5.41, 5.74) is 1.99. The largest absolute Gasteiger partial charge is 0.493 e. The third-order valence-electron chi connectivity index (χ3n) is 4.63. The Morgan fingerprint density at radius 2 is 1.82 bits per heavy atom. The average molecular weight is 586 g/mol. The number of nitriles is 1. The fraction of sp³-hybridized carbons (Fsp3) is 0.0800. The summed E-state index contributed by atoms with van der Waals surface area (Å²) in [7, 11) is 1.48. The van der Waals surface area contributed by atoms with Gasteiger partial charge in [0.05, 0.1) is 12.7 Å². The number of carbonyl (C=O) groups excluding carboxylic acids is 1. The first-order chi connectivity index (χ1) is 16.3. The minimum Gasteiger partial charge on any atom is -0.493 e. The number of nitrogens with zero attached hydrogens (tertiary/aromatic N) is 1. The minimum atomic E-state index is -0.997. The van der Waals surface area contributed by atoms with Gasteiger partial charge >= 0.3 is 5.97 Å². The first-order valence-electron chi connectivity index (χ1n) is 9.82. The summed E-state index contributed by atoms with van der Waals surface area (Å²) >= 11 is 6.79. The van der Waals surface area contributed by atoms with E-state index in [-0.39, 0.29) is 17.7 Å². The van der Waals surface area contributed by atoms with Crippen molar-refractivity contribution >= 4 is 55.5 Å². The van der Waals surface area contributed by atoms with Crippen LogP contribution in [0.25, 0.3) is 6.08 Å². The molecule has 0 heterocycles. The number of ether oxygens (including phenoxy) is 2. The Bertz CT molecular complexity index is 1300. The van der Waals surface area contributed by atoms with Crippen molar-refractivity contribution in [2.45, 2.75) is 6.61 Å². The molecule has 0 aliphatic rings. The molecule has 0 saturated carbocycles. The van der Waals surface area contributed by atoms with Crippen molar-refractivity contribution in [3.8, 4) is 17.6 Å². The first kappa shape index (κ1) is 25.0. The molecular weight excluding hydrogens is 568 g/mol. The highest BCUT2D eigenvalue weighted by Gasteiger charge is 2.14. The van der Waals surface area contributed by atoms with Gasteiger partial charge < -0.3 is 19.9 Å². The molecular formula is C25H18Br2N2O5. The molecule has 3 aromatic carbocycles. The summed E-state index contributed by atoms with van der Waals surface area (Å²) < 4.78 is 12.7. The van der Waals surface area contributed by atoms with E-state index in [2.05, 4.69) is 37.2 Å². The number of halogens is 2. The van der Waals surface area contributed by atoms with E-state index < -0.39 is 11.9 Å². The Labute approximate surface area is 212 Å². The lowest BCUT2D eigenvalue weighted by atomic mass is 10.1. The van der Waals surface area contributed by atoms with Gasteiger partial charge in [-0.25, -0.2) is 4.79 Å². The zero-order chi connectivity index (χ0) is 24.7. The Morgan fingerprint density at radius 3 is 2.44 bits per heavy atom. The lowest BCUT2D eigenvalue weighted by Crippen LogP contribution is -2.13. The number of carboxylic acids is 1. The molecule has 0 spiro atoms. The summed E-state index contributed by atoms with van der Waals surface area (Å²) in [6, 6.07) is 18.7. The summed E-state index contributed by atoms with van der Waals surface area (Å²) in [4.78, 5) is 23.6. The number of methoxy groups -OCH3 is 1. The maximum atomic E-state index is 12.6. The Hall–Kier alpha value is -3.61. The third kappa shape index (κ3) is 6.47. The van der Waals surface area contributed by atoms with Crippen molar-refractivity contribution in [3.05, 3.63) is 91.9 Å². The van der Waals surface area contributed by atoms with Crippen molar-refractivity contribution in [2.24, 2.45) is 0 Å². The van der Waals surface area contributed by atoms with Crippen LogP contribution in [0.1, 0.15) is 21.5 Å². The van der Waals surface area contributed by atoms with Crippen LogP contribution in [0.15, 0.2) is 75.2 Å². The Morgan fingerprint density at radius 1 is 1.09 bits per heavy atom. The monoisotopic (exact) mass is 584 g/mol. The number of hydrogen-bond donors (Lipinski definition) is 2. The molecule has 172 valence electrons. The molecule has 3 rings (SSSR count). The van der Waals surface area contributed by atoms with Crippen LogP contribution in [0, 0.1) is 11.3 Å². The van der Waals surface area contributed by atoms with Crippen LogP contribution in [0.3, 0.4) is 0 Å². The molecule has 0 unspecified atom stereocenters. The van der Waals surface area contributed by atoms with Crippen LogP contribution in [-0.2, 0) is 11.4 Å². The average Bonchev–Trinajstić information content (AvgIpc) is 2.82. The molecule has 0 aromatic heterocycles. The zero-order valence-corrected chi connectivity index (χ0v) is 21.0. The second-order valence-electron chi connectivity index (χ2n) is 6.95. The fourth-order valence-corrected chi connectivity index (χ4v) is 3.74. The number of carbonyl (C=O) groups is 2. The SMILES string of the molecule is COc1cc(/C=C(/C#N)C(=O)Nc2cccc(Br)c2)c(Br)cc1OCc1ccc(C(=O)O)cc1. The number of anilines is 1. The van der Waals surface area contributed by atoms with Crippen molar-refractivity contribution in [1.29, 1.82) is 5.26 Å². The van der Waals surface area contributed by atoms with E-state index in [0.717, 1.165) is 10.0 Å². The summed E-state index contributed by atoms with van der Waals surface area (Å²) in [6.07, 6.45) is 1.45. The van der Waals surface area contributed by atoms with Crippen molar-refractivity contribution in [2.75, 3.05) is 12.4 Å². The van der Waals surface area contributed by atoms with Gasteiger partial charge in [-0.3, -0.25) is 4.79 Å². The molecule has 9 heteroatoms. The fourth-order valence-electron chi connectivity index (χ4n) is 2.91. The van der Waals surface area contributed by atoms with E-state index >= 15 is 0 Å². The van der Waals surface area contributed by atoms with Gasteiger partial charge in [-0.05, 0) is 59.7 Å². The van der Waals surface area contributed by atoms with Gasteiger partial charge in [0.1, 0.15) is 18.2 Å². The summed E-state index contributed by atoms with van der Waals surface area (Å²) in [6.45, 7) is 0.191. The molecule has 0 atom stereocenters. The minimum absolute atomic E-state index is 0.0880. The lowest BCUT2D eigenvalue weighted by molar-refractivity contribution is -0.112. The molecule has 0 saturated heterocycles. The molecule has 0 fully saturated rings. The van der Waals surface area contributed by atoms with E-state index in [1.54, 1.807) is 42.5 Å². The Kier molecular flexibility index (Phi) is 8.46. The van der Waals surface area contributed by atoms with Crippen LogP contribution in [0.5, 0.6) is 11.5 Å². The highest BCUT2D eigenvalue weighted by Crippen LogP contribution is 2.35. The first-order valence-corrected chi connectivity index (χ1v) is 11.4. The van der Waals surface area contributed by atoms with E-state index in [1.165, 1.54) is 25.3 Å².